The van der Waals surface area contributed by atoms with Crippen LogP contribution >= 0.6 is 15.9 Å². The van der Waals surface area contributed by atoms with Gasteiger partial charge in [0, 0.05) is 9.86 Å². The SMILES string of the molecule is C=CC(C)(C)Cc1c(C(=O)OC)n(O)c2cccc(Br)c12. The van der Waals surface area contributed by atoms with Gasteiger partial charge in [-0.3, -0.25) is 0 Å². The Morgan fingerprint density at radius 1 is 1.52 bits per heavy atom. The normalized spacial score (nSPS) is 11.6. The summed E-state index contributed by atoms with van der Waals surface area (Å²) in [6.45, 7) is 7.89. The number of methoxy groups -OCH3 is 1. The molecule has 5 heteroatoms. The van der Waals surface area contributed by atoms with E-state index in [1.807, 2.05) is 32.1 Å². The molecule has 1 aromatic heterocycles. The first kappa shape index (κ1) is 15.6. The number of carbonyl (C=O) groups excluding carboxylic acids is 1. The second-order valence-electron chi connectivity index (χ2n) is 5.63. The molecule has 0 amide bonds. The first-order valence-corrected chi connectivity index (χ1v) is 7.34. The number of rotatable bonds is 4. The molecular weight excluding hydrogens is 334 g/mol. The van der Waals surface area contributed by atoms with Gasteiger partial charge in [0.05, 0.1) is 12.6 Å². The smallest absolute Gasteiger partial charge is 0.358 e. The van der Waals surface area contributed by atoms with Crippen molar-refractivity contribution in [2.24, 2.45) is 5.41 Å². The fourth-order valence-electron chi connectivity index (χ4n) is 2.36. The largest absolute Gasteiger partial charge is 0.464 e. The van der Waals surface area contributed by atoms with Gasteiger partial charge in [0.1, 0.15) is 0 Å². The number of nitrogens with zero attached hydrogens (tertiary/aromatic N) is 1. The maximum absolute atomic E-state index is 12.1. The van der Waals surface area contributed by atoms with E-state index in [1.54, 1.807) is 6.07 Å². The Hall–Kier alpha value is -1.75. The number of allylic oxidation sites excluding steroid dienone is 1. The highest BCUT2D eigenvalue weighted by molar-refractivity contribution is 9.10. The van der Waals surface area contributed by atoms with Gasteiger partial charge in [-0.25, -0.2) is 4.79 Å². The highest BCUT2D eigenvalue weighted by Gasteiger charge is 2.28. The van der Waals surface area contributed by atoms with Crippen LogP contribution in [0.2, 0.25) is 0 Å². The summed E-state index contributed by atoms with van der Waals surface area (Å²) in [4.78, 5) is 12.1. The molecule has 4 nitrogen and oxygen atoms in total. The summed E-state index contributed by atoms with van der Waals surface area (Å²) in [6.07, 6.45) is 2.40. The quantitative estimate of drug-likeness (QED) is 0.510. The van der Waals surface area contributed by atoms with Crippen molar-refractivity contribution in [3.63, 3.8) is 0 Å². The van der Waals surface area contributed by atoms with E-state index >= 15 is 0 Å². The van der Waals surface area contributed by atoms with Crippen LogP contribution in [-0.4, -0.2) is 23.0 Å². The highest BCUT2D eigenvalue weighted by atomic mass is 79.9. The molecule has 0 aliphatic carbocycles. The van der Waals surface area contributed by atoms with Crippen LogP contribution in [0.5, 0.6) is 0 Å². The minimum Gasteiger partial charge on any atom is -0.464 e. The molecule has 1 heterocycles. The van der Waals surface area contributed by atoms with E-state index in [1.165, 1.54) is 7.11 Å². The number of fused-ring (bicyclic) bond motifs is 1. The van der Waals surface area contributed by atoms with Gasteiger partial charge in [-0.05, 0) is 29.5 Å². The lowest BCUT2D eigenvalue weighted by molar-refractivity contribution is 0.0551. The molecule has 0 saturated carbocycles. The standard InChI is InChI=1S/C16H18BrNO3/c1-5-16(2,3)9-10-13-11(17)7-6-8-12(13)18(20)14(10)15(19)21-4/h5-8,20H,1,9H2,2-4H3. The van der Waals surface area contributed by atoms with Crippen LogP contribution in [0.25, 0.3) is 10.9 Å². The Labute approximate surface area is 132 Å². The van der Waals surface area contributed by atoms with Crippen molar-refractivity contribution in [2.45, 2.75) is 20.3 Å². The minimum absolute atomic E-state index is 0.161. The first-order valence-electron chi connectivity index (χ1n) is 6.55. The van der Waals surface area contributed by atoms with Crippen molar-refractivity contribution < 1.29 is 14.7 Å². The molecule has 0 saturated heterocycles. The van der Waals surface area contributed by atoms with Crippen molar-refractivity contribution in [1.82, 2.24) is 4.73 Å². The Morgan fingerprint density at radius 2 is 2.19 bits per heavy atom. The average Bonchev–Trinajstić information content (AvgIpc) is 2.72. The Morgan fingerprint density at radius 3 is 2.76 bits per heavy atom. The van der Waals surface area contributed by atoms with Crippen molar-refractivity contribution in [1.29, 1.82) is 0 Å². The van der Waals surface area contributed by atoms with Crippen LogP contribution in [0.4, 0.5) is 0 Å². The highest BCUT2D eigenvalue weighted by Crippen LogP contribution is 2.36. The summed E-state index contributed by atoms with van der Waals surface area (Å²) in [5.74, 6) is -0.560. The molecule has 2 aromatic rings. The monoisotopic (exact) mass is 351 g/mol. The molecule has 1 N–H and O–H groups in total. The lowest BCUT2D eigenvalue weighted by Crippen LogP contribution is -2.16. The molecule has 0 aliphatic rings. The number of benzene rings is 1. The molecule has 1 aromatic carbocycles. The fourth-order valence-corrected chi connectivity index (χ4v) is 2.96. The number of halogens is 1. The van der Waals surface area contributed by atoms with Gasteiger partial charge in [0.15, 0.2) is 5.69 Å². The molecule has 0 unspecified atom stereocenters. The van der Waals surface area contributed by atoms with E-state index in [9.17, 15) is 10.0 Å². The Bertz CT molecular complexity index is 716. The number of esters is 1. The molecule has 0 spiro atoms. The second-order valence-corrected chi connectivity index (χ2v) is 6.49. The third-order valence-electron chi connectivity index (χ3n) is 3.58. The van der Waals surface area contributed by atoms with Crippen molar-refractivity contribution in [2.75, 3.05) is 7.11 Å². The third-order valence-corrected chi connectivity index (χ3v) is 4.24. The summed E-state index contributed by atoms with van der Waals surface area (Å²) < 4.78 is 6.54. The number of aromatic nitrogens is 1. The molecule has 0 fully saturated rings. The van der Waals surface area contributed by atoms with Gasteiger partial charge in [0.25, 0.3) is 0 Å². The van der Waals surface area contributed by atoms with Gasteiger partial charge >= 0.3 is 5.97 Å². The van der Waals surface area contributed by atoms with Crippen LogP contribution in [-0.2, 0) is 11.2 Å². The van der Waals surface area contributed by atoms with Crippen LogP contribution in [0.1, 0.15) is 29.9 Å². The van der Waals surface area contributed by atoms with Gasteiger partial charge < -0.3 is 9.94 Å². The fraction of sp³-hybridized carbons (Fsp3) is 0.312. The number of carbonyl (C=O) groups is 1. The zero-order valence-electron chi connectivity index (χ0n) is 12.3. The maximum Gasteiger partial charge on any atom is 0.358 e. The van der Waals surface area contributed by atoms with Crippen LogP contribution < -0.4 is 0 Å². The average molecular weight is 352 g/mol. The van der Waals surface area contributed by atoms with Gasteiger partial charge in [-0.15, -0.1) is 6.58 Å². The van der Waals surface area contributed by atoms with Crippen LogP contribution in [0.15, 0.2) is 35.3 Å². The first-order chi connectivity index (χ1) is 9.82. The predicted molar refractivity (Wildman–Crippen MR) is 85.8 cm³/mol. The predicted octanol–water partition coefficient (Wildman–Crippen LogP) is 4.18. The summed E-state index contributed by atoms with van der Waals surface area (Å²) in [7, 11) is 1.30. The maximum atomic E-state index is 12.1. The number of hydrogen-bond acceptors (Lipinski definition) is 3. The van der Waals surface area contributed by atoms with E-state index in [2.05, 4.69) is 22.5 Å². The molecular formula is C16H18BrNO3. The topological polar surface area (TPSA) is 51.5 Å². The lowest BCUT2D eigenvalue weighted by Gasteiger charge is -2.20. The zero-order valence-corrected chi connectivity index (χ0v) is 13.9. The van der Waals surface area contributed by atoms with Gasteiger partial charge in [0.2, 0.25) is 0 Å². The van der Waals surface area contributed by atoms with E-state index < -0.39 is 5.97 Å². The van der Waals surface area contributed by atoms with Gasteiger partial charge in [-0.1, -0.05) is 41.9 Å². The van der Waals surface area contributed by atoms with Gasteiger partial charge in [-0.2, -0.15) is 4.73 Å². The summed E-state index contributed by atoms with van der Waals surface area (Å²) in [5.41, 5.74) is 1.26. The molecule has 2 rings (SSSR count). The Balaban J connectivity index is 2.81. The Kier molecular flexibility index (Phi) is 4.14. The molecule has 112 valence electrons. The van der Waals surface area contributed by atoms with Crippen molar-refractivity contribution >= 4 is 32.8 Å². The van der Waals surface area contributed by atoms with E-state index in [0.717, 1.165) is 20.2 Å². The van der Waals surface area contributed by atoms with E-state index in [0.29, 0.717) is 11.9 Å². The molecule has 21 heavy (non-hydrogen) atoms. The van der Waals surface area contributed by atoms with E-state index in [-0.39, 0.29) is 11.1 Å². The number of ether oxygens (including phenoxy) is 1. The summed E-state index contributed by atoms with van der Waals surface area (Å²) in [5, 5.41) is 11.2. The van der Waals surface area contributed by atoms with Crippen molar-refractivity contribution in [3.05, 3.63) is 46.6 Å². The molecule has 0 aliphatic heterocycles. The molecule has 0 radical (unpaired) electrons. The lowest BCUT2D eigenvalue weighted by atomic mass is 9.85. The zero-order chi connectivity index (χ0) is 15.8. The summed E-state index contributed by atoms with van der Waals surface area (Å²) in [6, 6.07) is 5.45. The molecule has 0 atom stereocenters. The minimum atomic E-state index is -0.560. The summed E-state index contributed by atoms with van der Waals surface area (Å²) >= 11 is 3.49. The van der Waals surface area contributed by atoms with Crippen LogP contribution in [0.3, 0.4) is 0 Å². The van der Waals surface area contributed by atoms with E-state index in [4.69, 9.17) is 4.74 Å². The number of hydrogen-bond donors (Lipinski definition) is 1. The van der Waals surface area contributed by atoms with Crippen LogP contribution in [0, 0.1) is 5.41 Å². The third kappa shape index (κ3) is 2.70. The molecule has 0 bridgehead atoms. The second kappa shape index (κ2) is 5.56. The van der Waals surface area contributed by atoms with Crippen molar-refractivity contribution in [3.8, 4) is 0 Å².